The van der Waals surface area contributed by atoms with Crippen LogP contribution in [-0.2, 0) is 0 Å². The predicted octanol–water partition coefficient (Wildman–Crippen LogP) is 13.6. The molecule has 0 atom stereocenters. The summed E-state index contributed by atoms with van der Waals surface area (Å²) in [4.78, 5) is 7.15. The molecule has 3 aromatic heterocycles. The zero-order chi connectivity index (χ0) is 34.2. The van der Waals surface area contributed by atoms with Crippen LogP contribution in [0.1, 0.15) is 0 Å². The lowest BCUT2D eigenvalue weighted by atomic mass is 9.98. The molecule has 0 aliphatic heterocycles. The first-order valence-corrected chi connectivity index (χ1v) is 17.4. The van der Waals surface area contributed by atoms with Gasteiger partial charge in [-0.05, 0) is 101 Å². The van der Waals surface area contributed by atoms with E-state index in [1.807, 2.05) is 48.5 Å². The van der Waals surface area contributed by atoms with Crippen LogP contribution in [0.3, 0.4) is 0 Å². The maximum Gasteiger partial charge on any atom is 0.228 e. The van der Waals surface area contributed by atoms with E-state index in [2.05, 4.69) is 126 Å². The molecule has 244 valence electrons. The third-order valence-corrected chi connectivity index (χ3v) is 10.1. The number of nitrogens with zero attached hydrogens (tertiary/aromatic N) is 2. The van der Waals surface area contributed by atoms with Gasteiger partial charge in [0.1, 0.15) is 27.8 Å². The molecule has 5 nitrogen and oxygen atoms in total. The fourth-order valence-corrected chi connectivity index (χ4v) is 7.69. The largest absolute Gasteiger partial charge is 0.456 e. The molecular formula is C47H28N2O3. The molecule has 3 heterocycles. The van der Waals surface area contributed by atoms with Gasteiger partial charge in [-0.2, -0.15) is 0 Å². The molecule has 0 saturated carbocycles. The van der Waals surface area contributed by atoms with Crippen molar-refractivity contribution < 1.29 is 13.3 Å². The van der Waals surface area contributed by atoms with Crippen LogP contribution in [-0.4, -0.2) is 4.98 Å². The molecule has 0 saturated heterocycles. The lowest BCUT2D eigenvalue weighted by Crippen LogP contribution is -2.09. The number of hydrogen-bond acceptors (Lipinski definition) is 5. The van der Waals surface area contributed by atoms with E-state index in [4.69, 9.17) is 18.2 Å². The summed E-state index contributed by atoms with van der Waals surface area (Å²) in [7, 11) is 0. The first-order chi connectivity index (χ1) is 25.7. The molecule has 11 rings (SSSR count). The molecule has 0 aliphatic carbocycles. The van der Waals surface area contributed by atoms with E-state index in [1.54, 1.807) is 0 Å². The van der Waals surface area contributed by atoms with Crippen molar-refractivity contribution in [2.45, 2.75) is 0 Å². The van der Waals surface area contributed by atoms with Gasteiger partial charge in [-0.15, -0.1) is 0 Å². The molecule has 8 aromatic carbocycles. The monoisotopic (exact) mass is 668 g/mol. The number of oxazole rings is 1. The number of benzene rings is 8. The summed E-state index contributed by atoms with van der Waals surface area (Å²) in [6.07, 6.45) is 0. The highest BCUT2D eigenvalue weighted by Crippen LogP contribution is 2.43. The lowest BCUT2D eigenvalue weighted by Gasteiger charge is -2.26. The number of fused-ring (bicyclic) bond motifs is 8. The Hall–Kier alpha value is -7.11. The predicted molar refractivity (Wildman–Crippen MR) is 212 cm³/mol. The topological polar surface area (TPSA) is 55.6 Å². The van der Waals surface area contributed by atoms with Crippen molar-refractivity contribution in [3.05, 3.63) is 170 Å². The van der Waals surface area contributed by atoms with Gasteiger partial charge in [0.05, 0.1) is 0 Å². The van der Waals surface area contributed by atoms with Gasteiger partial charge in [-0.25, -0.2) is 4.98 Å². The first kappa shape index (κ1) is 28.7. The Labute approximate surface area is 297 Å². The summed E-state index contributed by atoms with van der Waals surface area (Å²) < 4.78 is 18.9. The quantitative estimate of drug-likeness (QED) is 0.183. The zero-order valence-electron chi connectivity index (χ0n) is 27.8. The second-order valence-electron chi connectivity index (χ2n) is 13.1. The Bertz CT molecular complexity index is 3110. The van der Waals surface area contributed by atoms with Gasteiger partial charge in [-0.3, -0.25) is 0 Å². The Morgan fingerprint density at radius 3 is 1.83 bits per heavy atom. The summed E-state index contributed by atoms with van der Waals surface area (Å²) in [6, 6.07) is 58.8. The summed E-state index contributed by atoms with van der Waals surface area (Å²) in [6.45, 7) is 0. The molecule has 0 bridgehead atoms. The van der Waals surface area contributed by atoms with Crippen molar-refractivity contribution >= 4 is 82.8 Å². The average molecular weight is 669 g/mol. The summed E-state index contributed by atoms with van der Waals surface area (Å²) >= 11 is 0. The fraction of sp³-hybridized carbons (Fsp3) is 0. The highest BCUT2D eigenvalue weighted by atomic mass is 16.4. The van der Waals surface area contributed by atoms with E-state index in [0.717, 1.165) is 83.2 Å². The van der Waals surface area contributed by atoms with Crippen molar-refractivity contribution in [3.63, 3.8) is 0 Å². The molecule has 0 spiro atoms. The molecule has 5 heteroatoms. The smallest absolute Gasteiger partial charge is 0.228 e. The molecule has 0 N–H and O–H groups in total. The number of anilines is 3. The van der Waals surface area contributed by atoms with Gasteiger partial charge in [0.25, 0.3) is 0 Å². The fourth-order valence-electron chi connectivity index (χ4n) is 7.69. The Morgan fingerprint density at radius 2 is 0.981 bits per heavy atom. The molecule has 11 aromatic rings. The zero-order valence-corrected chi connectivity index (χ0v) is 27.8. The minimum Gasteiger partial charge on any atom is -0.456 e. The van der Waals surface area contributed by atoms with Crippen LogP contribution >= 0.6 is 0 Å². The Morgan fingerprint density at radius 1 is 0.385 bits per heavy atom. The summed E-state index contributed by atoms with van der Waals surface area (Å²) in [5, 5.41) is 6.57. The van der Waals surface area contributed by atoms with Crippen molar-refractivity contribution in [3.8, 4) is 22.6 Å². The third-order valence-electron chi connectivity index (χ3n) is 10.1. The van der Waals surface area contributed by atoms with Gasteiger partial charge in [0, 0.05) is 44.2 Å². The van der Waals surface area contributed by atoms with Crippen molar-refractivity contribution in [1.29, 1.82) is 0 Å². The van der Waals surface area contributed by atoms with Crippen molar-refractivity contribution in [2.75, 3.05) is 4.90 Å². The Kier molecular flexibility index (Phi) is 6.18. The molecule has 0 amide bonds. The van der Waals surface area contributed by atoms with Gasteiger partial charge in [0.15, 0.2) is 5.58 Å². The highest BCUT2D eigenvalue weighted by Gasteiger charge is 2.21. The van der Waals surface area contributed by atoms with Gasteiger partial charge < -0.3 is 18.2 Å². The summed E-state index contributed by atoms with van der Waals surface area (Å²) in [5.74, 6) is 0.568. The van der Waals surface area contributed by atoms with E-state index in [0.29, 0.717) is 5.89 Å². The van der Waals surface area contributed by atoms with Gasteiger partial charge in [-0.1, -0.05) is 91.0 Å². The van der Waals surface area contributed by atoms with E-state index in [-0.39, 0.29) is 0 Å². The standard InChI is InChI=1S/C47H28N2O3/c1-2-11-34-29(9-1)10-7-13-35(34)30-19-21-31(22-20-30)49(32-23-25-42-38(27-32)36-12-3-5-16-41(36)50-42)33-24-26-43-39(28-33)46-37(14-8-18-45(46)51-43)47-48-40-15-4-6-17-44(40)52-47/h1-28H. The van der Waals surface area contributed by atoms with Crippen LogP contribution in [0.25, 0.3) is 88.3 Å². The number of furan rings is 2. The van der Waals surface area contributed by atoms with Crippen LogP contribution in [0, 0.1) is 0 Å². The van der Waals surface area contributed by atoms with Crippen LogP contribution < -0.4 is 4.90 Å². The van der Waals surface area contributed by atoms with Gasteiger partial charge >= 0.3 is 0 Å². The molecule has 52 heavy (non-hydrogen) atoms. The van der Waals surface area contributed by atoms with Gasteiger partial charge in [0.2, 0.25) is 5.89 Å². The molecule has 0 fully saturated rings. The van der Waals surface area contributed by atoms with E-state index < -0.39 is 0 Å². The van der Waals surface area contributed by atoms with E-state index in [9.17, 15) is 0 Å². The second-order valence-corrected chi connectivity index (χ2v) is 13.1. The molecule has 0 radical (unpaired) electrons. The van der Waals surface area contributed by atoms with E-state index >= 15 is 0 Å². The minimum absolute atomic E-state index is 0.568. The number of rotatable bonds is 5. The van der Waals surface area contributed by atoms with Crippen LogP contribution in [0.4, 0.5) is 17.1 Å². The van der Waals surface area contributed by atoms with Crippen LogP contribution in [0.2, 0.25) is 0 Å². The lowest BCUT2D eigenvalue weighted by molar-refractivity contribution is 0.620. The first-order valence-electron chi connectivity index (χ1n) is 17.4. The summed E-state index contributed by atoms with van der Waals surface area (Å²) in [5.41, 5.74) is 11.2. The maximum absolute atomic E-state index is 6.43. The molecule has 0 unspecified atom stereocenters. The number of para-hydroxylation sites is 3. The van der Waals surface area contributed by atoms with Crippen molar-refractivity contribution in [1.82, 2.24) is 4.98 Å². The molecule has 0 aliphatic rings. The number of aromatic nitrogens is 1. The van der Waals surface area contributed by atoms with E-state index in [1.165, 1.54) is 16.3 Å². The third kappa shape index (κ3) is 4.46. The maximum atomic E-state index is 6.43. The average Bonchev–Trinajstić information content (AvgIpc) is 3.91. The number of hydrogen-bond donors (Lipinski definition) is 0. The van der Waals surface area contributed by atoms with Crippen LogP contribution in [0.15, 0.2) is 183 Å². The highest BCUT2D eigenvalue weighted by molar-refractivity contribution is 6.13. The second kappa shape index (κ2) is 11.2. The van der Waals surface area contributed by atoms with Crippen LogP contribution in [0.5, 0.6) is 0 Å². The Balaban J connectivity index is 1.11. The minimum atomic E-state index is 0.568. The molecular weight excluding hydrogens is 641 g/mol. The SMILES string of the molecule is c1ccc2c(-c3ccc(N(c4ccc5oc6ccccc6c5c4)c4ccc5oc6cccc(-c7nc8ccccc8o7)c6c5c4)cc3)cccc2c1. The van der Waals surface area contributed by atoms with Crippen molar-refractivity contribution in [2.24, 2.45) is 0 Å². The normalized spacial score (nSPS) is 11.8.